The largest absolute Gasteiger partial charge is 0.391 e. The van der Waals surface area contributed by atoms with Gasteiger partial charge in [-0.1, -0.05) is 32.9 Å². The second kappa shape index (κ2) is 11.1. The van der Waals surface area contributed by atoms with Gasteiger partial charge in [-0.05, 0) is 36.6 Å². The molecular formula is C26H37N5O4S. The Balaban J connectivity index is 1.82. The number of nitrogens with one attached hydrogen (secondary N) is 2. The summed E-state index contributed by atoms with van der Waals surface area (Å²) < 4.78 is 0. The van der Waals surface area contributed by atoms with E-state index in [0.29, 0.717) is 11.1 Å². The number of aliphatic hydroxyl groups excluding tert-OH is 1. The molecule has 0 bridgehead atoms. The molecule has 0 spiro atoms. The van der Waals surface area contributed by atoms with Gasteiger partial charge < -0.3 is 25.5 Å². The predicted octanol–water partition coefficient (Wildman–Crippen LogP) is 2.03. The molecule has 0 aliphatic carbocycles. The number of β-amino-alcohol motifs (C(OH)–C–C–N with tert-alkyl or cyclic N) is 1. The highest BCUT2D eigenvalue weighted by atomic mass is 32.1. The number of benzene rings is 1. The van der Waals surface area contributed by atoms with Crippen LogP contribution in [-0.2, 0) is 16.1 Å². The van der Waals surface area contributed by atoms with E-state index in [2.05, 4.69) is 15.6 Å². The molecule has 3 rings (SSSR count). The third kappa shape index (κ3) is 5.93. The van der Waals surface area contributed by atoms with Crippen LogP contribution in [0.4, 0.5) is 0 Å². The number of carbonyl (C=O) groups is 3. The lowest BCUT2D eigenvalue weighted by Gasteiger charge is -2.34. The van der Waals surface area contributed by atoms with E-state index in [1.165, 1.54) is 21.1 Å². The Morgan fingerprint density at radius 3 is 2.53 bits per heavy atom. The minimum atomic E-state index is -0.780. The lowest BCUT2D eigenvalue weighted by molar-refractivity contribution is -0.142. The Hall–Kier alpha value is -2.82. The summed E-state index contributed by atoms with van der Waals surface area (Å²) in [5.74, 6) is -0.734. The first kappa shape index (κ1) is 27.8. The molecule has 10 heteroatoms. The van der Waals surface area contributed by atoms with E-state index in [4.69, 9.17) is 0 Å². The number of aliphatic hydroxyl groups is 1. The highest BCUT2D eigenvalue weighted by Crippen LogP contribution is 2.30. The van der Waals surface area contributed by atoms with Gasteiger partial charge in [-0.15, -0.1) is 11.3 Å². The molecule has 1 aliphatic heterocycles. The Kier molecular flexibility index (Phi) is 8.53. The van der Waals surface area contributed by atoms with Crippen molar-refractivity contribution in [3.05, 3.63) is 40.5 Å². The lowest BCUT2D eigenvalue weighted by Crippen LogP contribution is -2.55. The van der Waals surface area contributed by atoms with E-state index in [-0.39, 0.29) is 42.6 Å². The summed E-state index contributed by atoms with van der Waals surface area (Å²) in [6.07, 6.45) is -0.597. The first-order chi connectivity index (χ1) is 16.8. The highest BCUT2D eigenvalue weighted by molar-refractivity contribution is 7.13. The van der Waals surface area contributed by atoms with Crippen molar-refractivity contribution < 1.29 is 19.5 Å². The van der Waals surface area contributed by atoms with Crippen molar-refractivity contribution in [1.82, 2.24) is 25.4 Å². The number of aryl methyl sites for hydroxylation is 1. The molecule has 196 valence electrons. The average molecular weight is 516 g/mol. The van der Waals surface area contributed by atoms with Crippen molar-refractivity contribution in [1.29, 1.82) is 0 Å². The first-order valence-corrected chi connectivity index (χ1v) is 12.9. The number of hydrogen-bond donors (Lipinski definition) is 3. The zero-order chi connectivity index (χ0) is 26.8. The zero-order valence-corrected chi connectivity index (χ0v) is 22.9. The molecule has 9 nitrogen and oxygen atoms in total. The van der Waals surface area contributed by atoms with Gasteiger partial charge in [0.2, 0.25) is 11.8 Å². The van der Waals surface area contributed by atoms with Crippen LogP contribution in [-0.4, -0.2) is 83.5 Å². The second-order valence-corrected chi connectivity index (χ2v) is 11.4. The molecule has 3 atom stereocenters. The molecule has 1 saturated heterocycles. The van der Waals surface area contributed by atoms with E-state index in [1.807, 2.05) is 45.9 Å². The third-order valence-electron chi connectivity index (χ3n) is 6.47. The summed E-state index contributed by atoms with van der Waals surface area (Å²) in [4.78, 5) is 47.7. The minimum Gasteiger partial charge on any atom is -0.391 e. The van der Waals surface area contributed by atoms with Gasteiger partial charge in [0.05, 0.1) is 28.2 Å². The highest BCUT2D eigenvalue weighted by Gasteiger charge is 2.43. The fourth-order valence-electron chi connectivity index (χ4n) is 4.59. The molecule has 3 unspecified atom stereocenters. The van der Waals surface area contributed by atoms with Crippen LogP contribution in [0.25, 0.3) is 10.4 Å². The van der Waals surface area contributed by atoms with Crippen LogP contribution >= 0.6 is 11.3 Å². The number of nitrogens with zero attached hydrogens (tertiary/aromatic N) is 3. The molecule has 2 heterocycles. The smallest absolute Gasteiger partial charge is 0.253 e. The Morgan fingerprint density at radius 1 is 1.28 bits per heavy atom. The van der Waals surface area contributed by atoms with Crippen LogP contribution in [0.1, 0.15) is 48.8 Å². The van der Waals surface area contributed by atoms with E-state index in [9.17, 15) is 19.5 Å². The second-order valence-electron chi connectivity index (χ2n) is 10.5. The number of hydrogen-bond acceptors (Lipinski definition) is 7. The van der Waals surface area contributed by atoms with Crippen molar-refractivity contribution in [2.75, 3.05) is 27.7 Å². The quantitative estimate of drug-likeness (QED) is 0.520. The number of amides is 3. The fourth-order valence-corrected chi connectivity index (χ4v) is 5.39. The SMILES string of the molecule is CNC(C(=O)N1CC(O)CC1C(=O)NCc1ccc(-c2scnc2C)cc1C(=O)N(C)C)C(C)(C)C. The zero-order valence-electron chi connectivity index (χ0n) is 22.1. The van der Waals surface area contributed by atoms with Gasteiger partial charge in [-0.2, -0.15) is 0 Å². The van der Waals surface area contributed by atoms with Crippen LogP contribution in [0.5, 0.6) is 0 Å². The number of likely N-dealkylation sites (tertiary alicyclic amines) is 1. The molecule has 2 aromatic rings. The van der Waals surface area contributed by atoms with Gasteiger partial charge in [0.25, 0.3) is 5.91 Å². The van der Waals surface area contributed by atoms with Crippen LogP contribution in [0.2, 0.25) is 0 Å². The van der Waals surface area contributed by atoms with Crippen LogP contribution in [0.15, 0.2) is 23.7 Å². The normalized spacial score (nSPS) is 18.7. The maximum Gasteiger partial charge on any atom is 0.253 e. The van der Waals surface area contributed by atoms with Gasteiger partial charge in [0.1, 0.15) is 6.04 Å². The Morgan fingerprint density at radius 2 is 1.97 bits per heavy atom. The van der Waals surface area contributed by atoms with Crippen molar-refractivity contribution in [2.45, 2.75) is 58.8 Å². The molecule has 1 aromatic heterocycles. The first-order valence-electron chi connectivity index (χ1n) is 12.0. The van der Waals surface area contributed by atoms with E-state index >= 15 is 0 Å². The minimum absolute atomic E-state index is 0.110. The molecular weight excluding hydrogens is 478 g/mol. The van der Waals surface area contributed by atoms with Gasteiger partial charge in [0.15, 0.2) is 0 Å². The predicted molar refractivity (Wildman–Crippen MR) is 141 cm³/mol. The van der Waals surface area contributed by atoms with Crippen LogP contribution < -0.4 is 10.6 Å². The fraction of sp³-hybridized carbons (Fsp3) is 0.538. The number of aromatic nitrogens is 1. The summed E-state index contributed by atoms with van der Waals surface area (Å²) in [5, 5.41) is 16.2. The summed E-state index contributed by atoms with van der Waals surface area (Å²) in [7, 11) is 5.09. The van der Waals surface area contributed by atoms with Crippen molar-refractivity contribution in [2.24, 2.45) is 5.41 Å². The summed E-state index contributed by atoms with van der Waals surface area (Å²) >= 11 is 1.51. The summed E-state index contributed by atoms with van der Waals surface area (Å²) in [6, 6.07) is 4.32. The molecule has 1 aromatic carbocycles. The van der Waals surface area contributed by atoms with Crippen molar-refractivity contribution in [3.63, 3.8) is 0 Å². The molecule has 0 radical (unpaired) electrons. The lowest BCUT2D eigenvalue weighted by atomic mass is 9.86. The van der Waals surface area contributed by atoms with Gasteiger partial charge in [-0.3, -0.25) is 14.4 Å². The number of likely N-dealkylation sites (N-methyl/N-ethyl adjacent to an activating group) is 1. The molecule has 3 N–H and O–H groups in total. The van der Waals surface area contributed by atoms with Crippen LogP contribution in [0, 0.1) is 12.3 Å². The van der Waals surface area contributed by atoms with Gasteiger partial charge in [-0.25, -0.2) is 4.98 Å². The third-order valence-corrected chi connectivity index (χ3v) is 7.45. The Bertz CT molecular complexity index is 1120. The van der Waals surface area contributed by atoms with Gasteiger partial charge in [0, 0.05) is 39.2 Å². The molecule has 1 fully saturated rings. The maximum atomic E-state index is 13.3. The molecule has 0 saturated carbocycles. The molecule has 3 amide bonds. The number of thiazole rings is 1. The van der Waals surface area contributed by atoms with E-state index < -0.39 is 18.2 Å². The van der Waals surface area contributed by atoms with E-state index in [1.54, 1.807) is 26.7 Å². The summed E-state index contributed by atoms with van der Waals surface area (Å²) in [6.45, 7) is 8.02. The Labute approximate surface area is 216 Å². The van der Waals surface area contributed by atoms with Gasteiger partial charge >= 0.3 is 0 Å². The van der Waals surface area contributed by atoms with Crippen LogP contribution in [0.3, 0.4) is 0 Å². The van der Waals surface area contributed by atoms with Crippen molar-refractivity contribution in [3.8, 4) is 10.4 Å². The summed E-state index contributed by atoms with van der Waals surface area (Å²) in [5.41, 5.74) is 4.36. The number of rotatable bonds is 7. The monoisotopic (exact) mass is 515 g/mol. The molecule has 1 aliphatic rings. The molecule has 36 heavy (non-hydrogen) atoms. The maximum absolute atomic E-state index is 13.3. The van der Waals surface area contributed by atoms with Crippen molar-refractivity contribution >= 4 is 29.1 Å². The van der Waals surface area contributed by atoms with E-state index in [0.717, 1.165) is 16.1 Å². The average Bonchev–Trinajstić information content (AvgIpc) is 3.41. The number of carbonyl (C=O) groups excluding carboxylic acids is 3. The topological polar surface area (TPSA) is 115 Å². The standard InChI is InChI=1S/C26H37N5O4S/c1-15-21(36-14-29-15)16-8-9-17(19(10-16)24(34)30(6)7)12-28-23(33)20-11-18(32)13-31(20)25(35)22(27-5)26(2,3)4/h8-10,14,18,20,22,27,32H,11-13H2,1-7H3,(H,28,33).